The predicted molar refractivity (Wildman–Crippen MR) is 80.1 cm³/mol. The fraction of sp³-hybridized carbons (Fsp3) is 0.800. The number of hydrogen-bond acceptors (Lipinski definition) is 4. The molecule has 1 saturated heterocycles. The van der Waals surface area contributed by atoms with Crippen molar-refractivity contribution in [3.05, 3.63) is 11.9 Å². The van der Waals surface area contributed by atoms with Crippen LogP contribution in [0.3, 0.4) is 0 Å². The molecular weight excluding hydrogens is 252 g/mol. The number of hydrogen-bond donors (Lipinski definition) is 2. The van der Waals surface area contributed by atoms with Crippen molar-refractivity contribution < 1.29 is 4.79 Å². The quantitative estimate of drug-likeness (QED) is 0.605. The number of hydrazine groups is 1. The number of nitrogens with two attached hydrogens (primary N) is 2. The molecule has 0 radical (unpaired) electrons. The van der Waals surface area contributed by atoms with Crippen molar-refractivity contribution in [1.82, 2.24) is 9.91 Å². The zero-order valence-electron chi connectivity index (χ0n) is 12.9. The smallest absolute Gasteiger partial charge is 0.219 e. The topological polar surface area (TPSA) is 75.6 Å². The number of nitrogens with zero attached hydrogens (tertiary/aromatic N) is 2. The van der Waals surface area contributed by atoms with Gasteiger partial charge in [0.1, 0.15) is 0 Å². The van der Waals surface area contributed by atoms with E-state index in [-0.39, 0.29) is 11.8 Å². The van der Waals surface area contributed by atoms with Crippen LogP contribution in [-0.4, -0.2) is 34.9 Å². The molecule has 1 aliphatic heterocycles. The van der Waals surface area contributed by atoms with Gasteiger partial charge < -0.3 is 15.6 Å². The molecule has 0 aromatic rings. The van der Waals surface area contributed by atoms with E-state index < -0.39 is 0 Å². The third-order valence-electron chi connectivity index (χ3n) is 4.83. The maximum atomic E-state index is 11.2. The molecule has 1 saturated carbocycles. The molecule has 2 aliphatic rings. The Kier molecular flexibility index (Phi) is 4.28. The van der Waals surface area contributed by atoms with Crippen molar-refractivity contribution in [3.8, 4) is 0 Å². The van der Waals surface area contributed by atoms with Crippen molar-refractivity contribution in [2.24, 2.45) is 22.9 Å². The standard InChI is InChI=1S/C15H28N4O/c1-11(20)18-8-12(9-18)14(16)10-19(17)13-4-6-15(2,3)7-5-13/h10,12-13H,4-9,16-17H2,1-3H3/b14-10-. The summed E-state index contributed by atoms with van der Waals surface area (Å²) in [4.78, 5) is 13.0. The molecule has 0 spiro atoms. The normalized spacial score (nSPS) is 24.4. The van der Waals surface area contributed by atoms with Gasteiger partial charge in [0.2, 0.25) is 5.91 Å². The molecule has 1 amide bonds. The zero-order chi connectivity index (χ0) is 14.9. The molecule has 1 aliphatic carbocycles. The molecule has 0 unspecified atom stereocenters. The van der Waals surface area contributed by atoms with Gasteiger partial charge in [-0.25, -0.2) is 5.84 Å². The zero-order valence-corrected chi connectivity index (χ0v) is 12.9. The second kappa shape index (κ2) is 5.64. The Morgan fingerprint density at radius 1 is 1.30 bits per heavy atom. The summed E-state index contributed by atoms with van der Waals surface area (Å²) < 4.78 is 0. The highest BCUT2D eigenvalue weighted by atomic mass is 16.2. The molecule has 4 N–H and O–H groups in total. The summed E-state index contributed by atoms with van der Waals surface area (Å²) in [5, 5.41) is 1.79. The van der Waals surface area contributed by atoms with Gasteiger partial charge >= 0.3 is 0 Å². The van der Waals surface area contributed by atoms with Crippen molar-refractivity contribution in [3.63, 3.8) is 0 Å². The largest absolute Gasteiger partial charge is 0.400 e. The van der Waals surface area contributed by atoms with E-state index in [2.05, 4.69) is 13.8 Å². The summed E-state index contributed by atoms with van der Waals surface area (Å²) in [6.07, 6.45) is 6.54. The highest BCUT2D eigenvalue weighted by Crippen LogP contribution is 2.36. The highest BCUT2D eigenvalue weighted by Gasteiger charge is 2.32. The van der Waals surface area contributed by atoms with Gasteiger partial charge in [0.25, 0.3) is 0 Å². The summed E-state index contributed by atoms with van der Waals surface area (Å²) in [6.45, 7) is 7.68. The molecule has 114 valence electrons. The Morgan fingerprint density at radius 2 is 1.85 bits per heavy atom. The van der Waals surface area contributed by atoms with Gasteiger partial charge in [-0.2, -0.15) is 0 Å². The maximum Gasteiger partial charge on any atom is 0.219 e. The van der Waals surface area contributed by atoms with Crippen LogP contribution < -0.4 is 11.6 Å². The minimum atomic E-state index is 0.119. The lowest BCUT2D eigenvalue weighted by Gasteiger charge is -2.40. The Bertz CT molecular complexity index is 389. The van der Waals surface area contributed by atoms with E-state index in [1.807, 2.05) is 6.20 Å². The van der Waals surface area contributed by atoms with E-state index in [0.717, 1.165) is 31.6 Å². The van der Waals surface area contributed by atoms with Crippen LogP contribution in [0.5, 0.6) is 0 Å². The Labute approximate surface area is 121 Å². The summed E-state index contributed by atoms with van der Waals surface area (Å²) in [5.74, 6) is 6.53. The SMILES string of the molecule is CC(=O)N1CC(/C(N)=C/N(N)C2CCC(C)(C)CC2)C1. The predicted octanol–water partition coefficient (Wildman–Crippen LogP) is 1.41. The van der Waals surface area contributed by atoms with Gasteiger partial charge in [-0.3, -0.25) is 4.79 Å². The van der Waals surface area contributed by atoms with Crippen molar-refractivity contribution >= 4 is 5.91 Å². The van der Waals surface area contributed by atoms with Crippen molar-refractivity contribution in [1.29, 1.82) is 0 Å². The fourth-order valence-electron chi connectivity index (χ4n) is 3.01. The number of carbonyl (C=O) groups is 1. The van der Waals surface area contributed by atoms with E-state index in [4.69, 9.17) is 11.6 Å². The Balaban J connectivity index is 1.83. The average Bonchev–Trinajstić information content (AvgIpc) is 2.25. The van der Waals surface area contributed by atoms with Crippen LogP contribution in [0.1, 0.15) is 46.5 Å². The fourth-order valence-corrected chi connectivity index (χ4v) is 3.01. The molecule has 5 nitrogen and oxygen atoms in total. The maximum absolute atomic E-state index is 11.2. The molecule has 0 atom stereocenters. The van der Waals surface area contributed by atoms with Crippen LogP contribution in [0.25, 0.3) is 0 Å². The number of amides is 1. The van der Waals surface area contributed by atoms with E-state index in [1.165, 1.54) is 12.8 Å². The van der Waals surface area contributed by atoms with Gasteiger partial charge in [0, 0.05) is 43.9 Å². The second-order valence-electron chi connectivity index (χ2n) is 7.09. The number of rotatable bonds is 3. The highest BCUT2D eigenvalue weighted by molar-refractivity contribution is 5.74. The molecule has 1 heterocycles. The van der Waals surface area contributed by atoms with Gasteiger partial charge in [0.05, 0.1) is 0 Å². The monoisotopic (exact) mass is 280 g/mol. The summed E-state index contributed by atoms with van der Waals surface area (Å²) in [5.41, 5.74) is 7.35. The minimum Gasteiger partial charge on any atom is -0.400 e. The molecule has 0 aromatic heterocycles. The van der Waals surface area contributed by atoms with Crippen molar-refractivity contribution in [2.75, 3.05) is 13.1 Å². The first-order valence-corrected chi connectivity index (χ1v) is 7.54. The van der Waals surface area contributed by atoms with Crippen LogP contribution in [0, 0.1) is 11.3 Å². The molecule has 0 aromatic carbocycles. The minimum absolute atomic E-state index is 0.119. The van der Waals surface area contributed by atoms with Crippen molar-refractivity contribution in [2.45, 2.75) is 52.5 Å². The summed E-state index contributed by atoms with van der Waals surface area (Å²) in [6, 6.07) is 0.394. The first-order valence-electron chi connectivity index (χ1n) is 7.54. The van der Waals surface area contributed by atoms with E-state index in [9.17, 15) is 4.79 Å². The lowest BCUT2D eigenvalue weighted by Crippen LogP contribution is -2.51. The summed E-state index contributed by atoms with van der Waals surface area (Å²) >= 11 is 0. The first kappa shape index (κ1) is 15.2. The molecular formula is C15H28N4O. The van der Waals surface area contributed by atoms with E-state index in [1.54, 1.807) is 16.8 Å². The number of carbonyl (C=O) groups excluding carboxylic acids is 1. The summed E-state index contributed by atoms with van der Waals surface area (Å²) in [7, 11) is 0. The molecule has 20 heavy (non-hydrogen) atoms. The first-order chi connectivity index (χ1) is 9.28. The van der Waals surface area contributed by atoms with Gasteiger partial charge in [-0.05, 0) is 31.1 Å². The van der Waals surface area contributed by atoms with Crippen LogP contribution >= 0.6 is 0 Å². The molecule has 5 heteroatoms. The third kappa shape index (κ3) is 3.45. The third-order valence-corrected chi connectivity index (χ3v) is 4.83. The van der Waals surface area contributed by atoms with E-state index >= 15 is 0 Å². The van der Waals surface area contributed by atoms with Gasteiger partial charge in [0.15, 0.2) is 0 Å². The second-order valence-corrected chi connectivity index (χ2v) is 7.09. The van der Waals surface area contributed by atoms with E-state index in [0.29, 0.717) is 11.5 Å². The van der Waals surface area contributed by atoms with Gasteiger partial charge in [-0.1, -0.05) is 13.8 Å². The van der Waals surface area contributed by atoms with Crippen LogP contribution in [0.2, 0.25) is 0 Å². The van der Waals surface area contributed by atoms with Gasteiger partial charge in [-0.15, -0.1) is 0 Å². The molecule has 2 fully saturated rings. The lowest BCUT2D eigenvalue weighted by atomic mass is 9.75. The Hall–Kier alpha value is -1.23. The number of likely N-dealkylation sites (tertiary alicyclic amines) is 1. The van der Waals surface area contributed by atoms with Crippen LogP contribution in [0.15, 0.2) is 11.9 Å². The lowest BCUT2D eigenvalue weighted by molar-refractivity contribution is -0.134. The molecule has 2 rings (SSSR count). The molecule has 0 bridgehead atoms. The average molecular weight is 280 g/mol. The Morgan fingerprint density at radius 3 is 2.35 bits per heavy atom. The van der Waals surface area contributed by atoms with Crippen LogP contribution in [-0.2, 0) is 4.79 Å². The van der Waals surface area contributed by atoms with Crippen LogP contribution in [0.4, 0.5) is 0 Å².